The number of amides is 2. The fourth-order valence-electron chi connectivity index (χ4n) is 4.61. The van der Waals surface area contributed by atoms with E-state index in [1.54, 1.807) is 29.9 Å². The molecule has 2 saturated carbocycles. The maximum atomic E-state index is 13.3. The van der Waals surface area contributed by atoms with Crippen LogP contribution in [0, 0.1) is 11.8 Å². The molecule has 3 aromatic heterocycles. The number of pyridine rings is 1. The Morgan fingerprint density at radius 3 is 2.79 bits per heavy atom. The fourth-order valence-corrected chi connectivity index (χ4v) is 5.85. The molecule has 0 aromatic carbocycles. The number of hydrogen-bond donors (Lipinski definition) is 3. The van der Waals surface area contributed by atoms with E-state index in [9.17, 15) is 9.59 Å². The summed E-state index contributed by atoms with van der Waals surface area (Å²) in [4.78, 5) is 35.7. The lowest BCUT2D eigenvalue weighted by Crippen LogP contribution is -2.28. The molecule has 0 spiro atoms. The standard InChI is InChI=1S/C25H28N6O2S/c32-22(16-5-6-16)30-24-21(23(33)28-13-15-3-4-15)19-12-18(7-8-20(19)34-24)31-11-10-27-25(31)29-17-2-1-9-26-14-17/h1-2,9-11,14-16,18H,3-8,12-13H2,(H,27,29)(H,28,33)(H,30,32)/t18-/m0/s1. The number of rotatable bonds is 8. The molecule has 3 N–H and O–H groups in total. The molecule has 0 unspecified atom stereocenters. The number of nitrogens with zero attached hydrogens (tertiary/aromatic N) is 3. The lowest BCUT2D eigenvalue weighted by atomic mass is 9.91. The maximum absolute atomic E-state index is 13.3. The zero-order valence-corrected chi connectivity index (χ0v) is 19.7. The van der Waals surface area contributed by atoms with Gasteiger partial charge in [-0.1, -0.05) is 0 Å². The number of thiophene rings is 1. The van der Waals surface area contributed by atoms with E-state index < -0.39 is 0 Å². The first-order chi connectivity index (χ1) is 16.7. The largest absolute Gasteiger partial charge is 0.352 e. The first kappa shape index (κ1) is 21.3. The Morgan fingerprint density at radius 1 is 1.15 bits per heavy atom. The maximum Gasteiger partial charge on any atom is 0.254 e. The monoisotopic (exact) mass is 476 g/mol. The lowest BCUT2D eigenvalue weighted by molar-refractivity contribution is -0.117. The summed E-state index contributed by atoms with van der Waals surface area (Å²) in [7, 11) is 0. The molecule has 34 heavy (non-hydrogen) atoms. The highest BCUT2D eigenvalue weighted by Gasteiger charge is 2.35. The third-order valence-electron chi connectivity index (χ3n) is 6.87. The summed E-state index contributed by atoms with van der Waals surface area (Å²) >= 11 is 1.58. The highest BCUT2D eigenvalue weighted by Crippen LogP contribution is 2.43. The van der Waals surface area contributed by atoms with Gasteiger partial charge in [-0.3, -0.25) is 14.6 Å². The van der Waals surface area contributed by atoms with Crippen LogP contribution in [0.25, 0.3) is 0 Å². The predicted octanol–water partition coefficient (Wildman–Crippen LogP) is 4.30. The molecule has 2 amide bonds. The van der Waals surface area contributed by atoms with Crippen LogP contribution in [-0.2, 0) is 17.6 Å². The zero-order valence-electron chi connectivity index (χ0n) is 18.9. The Bertz CT molecular complexity index is 1210. The molecule has 3 heterocycles. The average molecular weight is 477 g/mol. The van der Waals surface area contributed by atoms with Gasteiger partial charge in [-0.25, -0.2) is 4.98 Å². The average Bonchev–Trinajstić information content (AvgIpc) is 3.77. The summed E-state index contributed by atoms with van der Waals surface area (Å²) < 4.78 is 2.15. The number of anilines is 3. The van der Waals surface area contributed by atoms with Gasteiger partial charge in [0.1, 0.15) is 5.00 Å². The third kappa shape index (κ3) is 4.44. The van der Waals surface area contributed by atoms with Crippen LogP contribution in [0.4, 0.5) is 16.6 Å². The highest BCUT2D eigenvalue weighted by molar-refractivity contribution is 7.17. The van der Waals surface area contributed by atoms with Crippen molar-refractivity contribution < 1.29 is 9.59 Å². The summed E-state index contributed by atoms with van der Waals surface area (Å²) in [5.41, 5.74) is 2.62. The van der Waals surface area contributed by atoms with Crippen molar-refractivity contribution in [2.24, 2.45) is 11.8 Å². The quantitative estimate of drug-likeness (QED) is 0.450. The smallest absolute Gasteiger partial charge is 0.254 e. The van der Waals surface area contributed by atoms with Gasteiger partial charge in [0.15, 0.2) is 0 Å². The number of aryl methyl sites for hydroxylation is 1. The van der Waals surface area contributed by atoms with Gasteiger partial charge >= 0.3 is 0 Å². The van der Waals surface area contributed by atoms with Crippen molar-refractivity contribution in [3.05, 3.63) is 52.9 Å². The van der Waals surface area contributed by atoms with Gasteiger partial charge in [0.2, 0.25) is 11.9 Å². The molecule has 0 aliphatic heterocycles. The minimum atomic E-state index is -0.0597. The topological polar surface area (TPSA) is 101 Å². The van der Waals surface area contributed by atoms with Crippen LogP contribution in [0.15, 0.2) is 36.9 Å². The summed E-state index contributed by atoms with van der Waals surface area (Å²) in [5, 5.41) is 10.3. The number of nitrogens with one attached hydrogen (secondary N) is 3. The summed E-state index contributed by atoms with van der Waals surface area (Å²) in [6.45, 7) is 0.712. The Hall–Kier alpha value is -3.20. The molecule has 3 aliphatic rings. The van der Waals surface area contributed by atoms with E-state index in [1.165, 1.54) is 17.7 Å². The SMILES string of the molecule is O=C(NCC1CC1)c1c(NC(=O)C2CC2)sc2c1C[C@@H](n1ccnc1Nc1cccnc1)CC2. The van der Waals surface area contributed by atoms with E-state index in [0.717, 1.165) is 54.3 Å². The van der Waals surface area contributed by atoms with Crippen LogP contribution >= 0.6 is 11.3 Å². The number of imidazole rings is 1. The van der Waals surface area contributed by atoms with Crippen molar-refractivity contribution in [2.45, 2.75) is 51.0 Å². The second kappa shape index (κ2) is 8.87. The second-order valence-electron chi connectivity index (χ2n) is 9.55. The number of aromatic nitrogens is 3. The minimum absolute atomic E-state index is 0.0453. The van der Waals surface area contributed by atoms with E-state index in [-0.39, 0.29) is 23.8 Å². The molecule has 6 rings (SSSR count). The predicted molar refractivity (Wildman–Crippen MR) is 132 cm³/mol. The van der Waals surface area contributed by atoms with Crippen LogP contribution in [0.3, 0.4) is 0 Å². The summed E-state index contributed by atoms with van der Waals surface area (Å²) in [6, 6.07) is 4.02. The molecular weight excluding hydrogens is 448 g/mol. The van der Waals surface area contributed by atoms with Crippen LogP contribution in [0.1, 0.15) is 58.9 Å². The van der Waals surface area contributed by atoms with Crippen molar-refractivity contribution in [1.29, 1.82) is 0 Å². The Balaban J connectivity index is 1.27. The number of carbonyl (C=O) groups excluding carboxylic acids is 2. The molecule has 3 aliphatic carbocycles. The Kier molecular flexibility index (Phi) is 5.57. The highest BCUT2D eigenvalue weighted by atomic mass is 32.1. The minimum Gasteiger partial charge on any atom is -0.352 e. The van der Waals surface area contributed by atoms with E-state index in [4.69, 9.17) is 0 Å². The van der Waals surface area contributed by atoms with Gasteiger partial charge in [-0.2, -0.15) is 0 Å². The number of fused-ring (bicyclic) bond motifs is 1. The van der Waals surface area contributed by atoms with Crippen LogP contribution in [0.5, 0.6) is 0 Å². The van der Waals surface area contributed by atoms with Gasteiger partial charge in [0, 0.05) is 42.0 Å². The van der Waals surface area contributed by atoms with Crippen molar-refractivity contribution in [3.8, 4) is 0 Å². The zero-order chi connectivity index (χ0) is 23.1. The fraction of sp³-hybridized carbons (Fsp3) is 0.440. The van der Waals surface area contributed by atoms with Gasteiger partial charge in [0.25, 0.3) is 5.91 Å². The summed E-state index contributed by atoms with van der Waals surface area (Å²) in [6.07, 6.45) is 14.1. The van der Waals surface area contributed by atoms with Gasteiger partial charge < -0.3 is 20.5 Å². The van der Waals surface area contributed by atoms with Crippen molar-refractivity contribution >= 4 is 39.8 Å². The lowest BCUT2D eigenvalue weighted by Gasteiger charge is -2.26. The summed E-state index contributed by atoms with van der Waals surface area (Å²) in [5.74, 6) is 1.45. The van der Waals surface area contributed by atoms with E-state index >= 15 is 0 Å². The van der Waals surface area contributed by atoms with Crippen LogP contribution in [-0.4, -0.2) is 32.9 Å². The van der Waals surface area contributed by atoms with Crippen LogP contribution < -0.4 is 16.0 Å². The molecule has 176 valence electrons. The van der Waals surface area contributed by atoms with E-state index in [2.05, 4.69) is 30.5 Å². The Morgan fingerprint density at radius 2 is 2.03 bits per heavy atom. The Labute approximate surface area is 202 Å². The first-order valence-corrected chi connectivity index (χ1v) is 12.9. The van der Waals surface area contributed by atoms with Gasteiger partial charge in [0.05, 0.1) is 17.4 Å². The molecule has 9 heteroatoms. The van der Waals surface area contributed by atoms with Gasteiger partial charge in [-0.05, 0) is 68.6 Å². The third-order valence-corrected chi connectivity index (χ3v) is 8.08. The molecule has 1 atom stereocenters. The molecule has 0 saturated heterocycles. The van der Waals surface area contributed by atoms with Crippen molar-refractivity contribution in [3.63, 3.8) is 0 Å². The van der Waals surface area contributed by atoms with E-state index in [0.29, 0.717) is 18.0 Å². The number of carbonyl (C=O) groups is 2. The molecule has 0 bridgehead atoms. The van der Waals surface area contributed by atoms with Crippen molar-refractivity contribution in [1.82, 2.24) is 19.9 Å². The van der Waals surface area contributed by atoms with E-state index in [1.807, 2.05) is 18.3 Å². The molecule has 2 fully saturated rings. The molecule has 8 nitrogen and oxygen atoms in total. The molecule has 0 radical (unpaired) electrons. The van der Waals surface area contributed by atoms with Crippen molar-refractivity contribution in [2.75, 3.05) is 17.2 Å². The van der Waals surface area contributed by atoms with Crippen LogP contribution in [0.2, 0.25) is 0 Å². The molecule has 3 aromatic rings. The van der Waals surface area contributed by atoms with Gasteiger partial charge in [-0.15, -0.1) is 11.3 Å². The first-order valence-electron chi connectivity index (χ1n) is 12.1. The normalized spacial score (nSPS) is 19.4. The second-order valence-corrected chi connectivity index (χ2v) is 10.7. The molecular formula is C25H28N6O2S. The number of hydrogen-bond acceptors (Lipinski definition) is 6.